The Morgan fingerprint density at radius 1 is 1.12 bits per heavy atom. The lowest BCUT2D eigenvalue weighted by molar-refractivity contribution is -0.122. The fourth-order valence-electron chi connectivity index (χ4n) is 5.34. The molecule has 5 rings (SSSR count). The summed E-state index contributed by atoms with van der Waals surface area (Å²) >= 11 is 0. The van der Waals surface area contributed by atoms with E-state index >= 15 is 0 Å². The third kappa shape index (κ3) is 2.50. The van der Waals surface area contributed by atoms with Gasteiger partial charge in [0.25, 0.3) is 0 Å². The maximum Gasteiger partial charge on any atom is 0.245 e. The maximum absolute atomic E-state index is 14.3. The van der Waals surface area contributed by atoms with Gasteiger partial charge in [0, 0.05) is 34.6 Å². The molecule has 0 radical (unpaired) electrons. The smallest absolute Gasteiger partial charge is 0.245 e. The second-order valence-corrected chi connectivity index (χ2v) is 8.55. The van der Waals surface area contributed by atoms with Gasteiger partial charge in [0.1, 0.15) is 23.1 Å². The van der Waals surface area contributed by atoms with Crippen molar-refractivity contribution in [1.82, 2.24) is 0 Å². The third-order valence-electron chi connectivity index (χ3n) is 6.45. The van der Waals surface area contributed by atoms with Crippen LogP contribution in [0.25, 0.3) is 0 Å². The lowest BCUT2D eigenvalue weighted by Crippen LogP contribution is -2.50. The minimum absolute atomic E-state index is 0.0625. The number of nitriles is 1. The number of benzene rings is 2. The van der Waals surface area contributed by atoms with Crippen molar-refractivity contribution >= 4 is 23.1 Å². The Balaban J connectivity index is 1.90. The molecule has 6 nitrogen and oxygen atoms in total. The number of allylic oxidation sites excluding steroid dienone is 1. The Kier molecular flexibility index (Phi) is 4.25. The average molecular weight is 428 g/mol. The molecule has 2 aromatic rings. The summed E-state index contributed by atoms with van der Waals surface area (Å²) in [4.78, 5) is 28.6. The SMILES string of the molecule is Cc1cc(C)cc(N2C(N)=C(C#N)C3(C(=O)Nc4ccc(F)cc43)C3=C2CCCC3=O)c1. The standard InChI is InChI=1S/C25H21FN4O2/c1-13-8-14(2)10-16(9-13)30-20-4-3-5-21(31)22(20)25(18(12-27)23(30)28)17-11-15(26)6-7-19(17)29-24(25)32/h6-11H,3-5,28H2,1-2H3,(H,29,32). The predicted octanol–water partition coefficient (Wildman–Crippen LogP) is 3.85. The largest absolute Gasteiger partial charge is 0.384 e. The van der Waals surface area contributed by atoms with Gasteiger partial charge >= 0.3 is 0 Å². The number of nitrogens with one attached hydrogen (secondary N) is 1. The summed E-state index contributed by atoms with van der Waals surface area (Å²) in [5.41, 5.74) is 8.95. The van der Waals surface area contributed by atoms with E-state index < -0.39 is 17.1 Å². The Bertz CT molecular complexity index is 1310. The summed E-state index contributed by atoms with van der Waals surface area (Å²) in [5, 5.41) is 13.0. The van der Waals surface area contributed by atoms with Gasteiger partial charge in [-0.1, -0.05) is 6.07 Å². The number of fused-ring (bicyclic) bond motifs is 3. The summed E-state index contributed by atoms with van der Waals surface area (Å²) in [6.07, 6.45) is 1.35. The minimum atomic E-state index is -1.75. The van der Waals surface area contributed by atoms with Gasteiger partial charge in [-0.25, -0.2) is 4.39 Å². The zero-order valence-electron chi connectivity index (χ0n) is 17.8. The number of halogens is 1. The van der Waals surface area contributed by atoms with Crippen LogP contribution in [-0.2, 0) is 15.0 Å². The molecule has 0 saturated carbocycles. The van der Waals surface area contributed by atoms with E-state index in [1.54, 1.807) is 4.90 Å². The number of ketones is 1. The van der Waals surface area contributed by atoms with E-state index in [4.69, 9.17) is 5.73 Å². The first-order valence-electron chi connectivity index (χ1n) is 10.5. The van der Waals surface area contributed by atoms with Crippen LogP contribution in [0.3, 0.4) is 0 Å². The number of amides is 1. The topological polar surface area (TPSA) is 99.2 Å². The second-order valence-electron chi connectivity index (χ2n) is 8.55. The molecule has 2 aromatic carbocycles. The van der Waals surface area contributed by atoms with Gasteiger partial charge < -0.3 is 11.1 Å². The number of aryl methyl sites for hydroxylation is 2. The second kappa shape index (κ2) is 6.79. The first-order valence-corrected chi connectivity index (χ1v) is 10.5. The highest BCUT2D eigenvalue weighted by atomic mass is 19.1. The molecule has 0 bridgehead atoms. The van der Waals surface area contributed by atoms with Gasteiger partial charge in [-0.3, -0.25) is 14.5 Å². The molecule has 160 valence electrons. The summed E-state index contributed by atoms with van der Waals surface area (Å²) in [6.45, 7) is 3.91. The van der Waals surface area contributed by atoms with E-state index in [0.29, 0.717) is 24.2 Å². The molecule has 32 heavy (non-hydrogen) atoms. The van der Waals surface area contributed by atoms with Crippen molar-refractivity contribution in [2.75, 3.05) is 10.2 Å². The molecular formula is C25H21FN4O2. The predicted molar refractivity (Wildman–Crippen MR) is 118 cm³/mol. The first-order chi connectivity index (χ1) is 15.3. The third-order valence-corrected chi connectivity index (χ3v) is 6.45. The quantitative estimate of drug-likeness (QED) is 0.719. The van der Waals surface area contributed by atoms with Crippen LogP contribution in [0.1, 0.15) is 36.0 Å². The molecule has 0 saturated heterocycles. The molecule has 3 aliphatic rings. The van der Waals surface area contributed by atoms with Crippen LogP contribution in [0.5, 0.6) is 0 Å². The molecule has 1 unspecified atom stereocenters. The van der Waals surface area contributed by atoms with Crippen LogP contribution in [0.2, 0.25) is 0 Å². The monoisotopic (exact) mass is 428 g/mol. The molecule has 2 heterocycles. The molecule has 3 N–H and O–H groups in total. The molecule has 1 aliphatic carbocycles. The van der Waals surface area contributed by atoms with Crippen molar-refractivity contribution in [3.05, 3.63) is 81.6 Å². The van der Waals surface area contributed by atoms with Crippen molar-refractivity contribution in [3.63, 3.8) is 0 Å². The number of hydrogen-bond acceptors (Lipinski definition) is 5. The Morgan fingerprint density at radius 2 is 1.84 bits per heavy atom. The number of carbonyl (C=O) groups excluding carboxylic acids is 2. The highest BCUT2D eigenvalue weighted by molar-refractivity contribution is 6.19. The van der Waals surface area contributed by atoms with Gasteiger partial charge in [0.05, 0.1) is 5.57 Å². The van der Waals surface area contributed by atoms with Crippen molar-refractivity contribution in [1.29, 1.82) is 5.26 Å². The maximum atomic E-state index is 14.3. The minimum Gasteiger partial charge on any atom is -0.384 e. The normalized spacial score (nSPS) is 22.1. The Hall–Kier alpha value is -3.92. The Labute approximate surface area is 184 Å². The fourth-order valence-corrected chi connectivity index (χ4v) is 5.34. The zero-order valence-corrected chi connectivity index (χ0v) is 17.8. The number of Topliss-reactive ketones (excluding diaryl/α,β-unsaturated/α-hetero) is 1. The highest BCUT2D eigenvalue weighted by Crippen LogP contribution is 2.55. The number of anilines is 2. The summed E-state index contributed by atoms with van der Waals surface area (Å²) in [5.74, 6) is -1.26. The van der Waals surface area contributed by atoms with Crippen LogP contribution in [-0.4, -0.2) is 11.7 Å². The van der Waals surface area contributed by atoms with E-state index in [2.05, 4.69) is 11.4 Å². The summed E-state index contributed by atoms with van der Waals surface area (Å²) < 4.78 is 14.3. The fraction of sp³-hybridized carbons (Fsp3) is 0.240. The average Bonchev–Trinajstić information content (AvgIpc) is 3.00. The van der Waals surface area contributed by atoms with Gasteiger partial charge in [0.15, 0.2) is 5.78 Å². The molecule has 1 atom stereocenters. The van der Waals surface area contributed by atoms with Crippen LogP contribution >= 0.6 is 0 Å². The van der Waals surface area contributed by atoms with E-state index in [-0.39, 0.29) is 34.7 Å². The van der Waals surface area contributed by atoms with Crippen molar-refractivity contribution < 1.29 is 14.0 Å². The van der Waals surface area contributed by atoms with E-state index in [0.717, 1.165) is 16.8 Å². The number of nitrogens with two attached hydrogens (primary N) is 1. The van der Waals surface area contributed by atoms with E-state index in [1.807, 2.05) is 32.0 Å². The number of nitrogens with zero attached hydrogens (tertiary/aromatic N) is 2. The zero-order chi connectivity index (χ0) is 22.8. The molecule has 0 fully saturated rings. The van der Waals surface area contributed by atoms with Crippen LogP contribution in [0, 0.1) is 31.0 Å². The first kappa shape index (κ1) is 20.0. The number of carbonyl (C=O) groups is 2. The molecule has 2 aliphatic heterocycles. The molecule has 7 heteroatoms. The highest BCUT2D eigenvalue weighted by Gasteiger charge is 2.60. The van der Waals surface area contributed by atoms with Gasteiger partial charge in [-0.15, -0.1) is 0 Å². The van der Waals surface area contributed by atoms with Crippen LogP contribution in [0.4, 0.5) is 15.8 Å². The van der Waals surface area contributed by atoms with Crippen LogP contribution in [0.15, 0.2) is 59.1 Å². The van der Waals surface area contributed by atoms with Gasteiger partial charge in [0.2, 0.25) is 5.91 Å². The van der Waals surface area contributed by atoms with Crippen molar-refractivity contribution in [2.24, 2.45) is 5.73 Å². The van der Waals surface area contributed by atoms with E-state index in [9.17, 15) is 19.2 Å². The van der Waals surface area contributed by atoms with Crippen molar-refractivity contribution in [2.45, 2.75) is 38.5 Å². The van der Waals surface area contributed by atoms with E-state index in [1.165, 1.54) is 18.2 Å². The van der Waals surface area contributed by atoms with Crippen molar-refractivity contribution in [3.8, 4) is 6.07 Å². The molecular weight excluding hydrogens is 407 g/mol. The summed E-state index contributed by atoms with van der Waals surface area (Å²) in [6, 6.07) is 11.9. The number of rotatable bonds is 1. The van der Waals surface area contributed by atoms with Gasteiger partial charge in [-0.05, 0) is 68.1 Å². The molecule has 1 amide bonds. The number of hydrogen-bond donors (Lipinski definition) is 2. The van der Waals surface area contributed by atoms with Gasteiger partial charge in [-0.2, -0.15) is 5.26 Å². The Morgan fingerprint density at radius 3 is 2.53 bits per heavy atom. The summed E-state index contributed by atoms with van der Waals surface area (Å²) in [7, 11) is 0. The molecule has 1 spiro atoms. The lowest BCUT2D eigenvalue weighted by atomic mass is 9.64. The van der Waals surface area contributed by atoms with Crippen LogP contribution < -0.4 is 16.0 Å². The molecule has 0 aromatic heterocycles. The lowest BCUT2D eigenvalue weighted by Gasteiger charge is -2.43.